The average molecular weight is 787 g/mol. The summed E-state index contributed by atoms with van der Waals surface area (Å²) >= 11 is 0. The minimum atomic E-state index is -1.81. The minimum absolute atomic E-state index is 0.0604. The normalized spacial score (nSPS) is 54.2. The van der Waals surface area contributed by atoms with E-state index in [4.69, 9.17) is 28.4 Å². The second-order valence-electron chi connectivity index (χ2n) is 17.9. The standard InChI is InChI=1S/C39H62O16/c1-16(42)21-7-8-22-20-6-5-18-13-19(9-11-38(18,3)23(20)10-12-39(21,22)4)51-37-34(55-36-31(48)29(46)27(44)24(14-40)52-36)32(49)33(25(15-41)53-37)54-35-30(47)28(45)26(43)17(2)50-35/h7,17-20,22-37,40-41,43-49H,5-6,8-15H2,1-4H3/t17-,18-,19+,20+,22+,23+,24+,25-,26-,27+,28+,29-,30+,31+,32-,33-,34+,35-,36+,37+,38-,39-/m0/s1. The van der Waals surface area contributed by atoms with Crippen molar-refractivity contribution in [3.05, 3.63) is 11.6 Å². The van der Waals surface area contributed by atoms with Gasteiger partial charge in [-0.05, 0) is 105 Å². The Bertz CT molecular complexity index is 1400. The fourth-order valence-electron chi connectivity index (χ4n) is 11.7. The van der Waals surface area contributed by atoms with Gasteiger partial charge in [0.25, 0.3) is 0 Å². The van der Waals surface area contributed by atoms with Crippen LogP contribution in [0.1, 0.15) is 79.1 Å². The molecule has 3 heterocycles. The Morgan fingerprint density at radius 2 is 1.35 bits per heavy atom. The maximum absolute atomic E-state index is 12.6. The molecule has 16 heteroatoms. The first-order chi connectivity index (χ1) is 26.0. The van der Waals surface area contributed by atoms with Gasteiger partial charge in [-0.2, -0.15) is 0 Å². The van der Waals surface area contributed by atoms with E-state index in [2.05, 4.69) is 19.9 Å². The molecule has 314 valence electrons. The Morgan fingerprint density at radius 1 is 0.709 bits per heavy atom. The number of aliphatic hydroxyl groups excluding tert-OH is 9. The molecule has 3 aliphatic heterocycles. The number of ketones is 1. The van der Waals surface area contributed by atoms with Crippen molar-refractivity contribution in [3.63, 3.8) is 0 Å². The van der Waals surface area contributed by atoms with Gasteiger partial charge in [0.15, 0.2) is 24.7 Å². The summed E-state index contributed by atoms with van der Waals surface area (Å²) < 4.78 is 36.1. The zero-order chi connectivity index (χ0) is 39.7. The molecule has 0 aromatic heterocycles. The SMILES string of the molecule is CC(=O)C1=CC[C@@H]2[C@H]3CC[C@H]4C[C@H](O[C@@H]5O[C@@H](CO)[C@H](O[C@@H]6O[C@@H](C)[C@H](O)[C@@H](O)[C@H]6O)[C@H](O)[C@H]5O[C@H]5O[C@H](CO)[C@@H](O)[C@H](O)[C@H]5O)CC[C@]4(C)[C@@H]3CC[C@@]12C. The van der Waals surface area contributed by atoms with Gasteiger partial charge in [-0.15, -0.1) is 0 Å². The van der Waals surface area contributed by atoms with Crippen LogP contribution in [-0.4, -0.2) is 163 Å². The molecule has 0 radical (unpaired) electrons. The number of carbonyl (C=O) groups is 1. The highest BCUT2D eigenvalue weighted by atomic mass is 16.8. The number of aliphatic hydroxyl groups is 9. The summed E-state index contributed by atoms with van der Waals surface area (Å²) in [6.07, 6.45) is -13.7. The fourth-order valence-corrected chi connectivity index (χ4v) is 11.7. The number of allylic oxidation sites excluding steroid dienone is 2. The molecular formula is C39H62O16. The highest BCUT2D eigenvalue weighted by Crippen LogP contribution is 2.66. The van der Waals surface area contributed by atoms with Crippen LogP contribution in [0.3, 0.4) is 0 Å². The molecule has 3 saturated carbocycles. The molecule has 0 amide bonds. The Labute approximate surface area is 321 Å². The molecule has 7 rings (SSSR count). The minimum Gasteiger partial charge on any atom is -0.394 e. The van der Waals surface area contributed by atoms with Crippen molar-refractivity contribution >= 4 is 5.78 Å². The highest BCUT2D eigenvalue weighted by Gasteiger charge is 2.60. The lowest BCUT2D eigenvalue weighted by molar-refractivity contribution is -0.391. The third kappa shape index (κ3) is 7.28. The van der Waals surface area contributed by atoms with Crippen LogP contribution < -0.4 is 0 Å². The molecule has 6 fully saturated rings. The van der Waals surface area contributed by atoms with Crippen LogP contribution in [0.15, 0.2) is 11.6 Å². The van der Waals surface area contributed by atoms with E-state index in [1.807, 2.05) is 0 Å². The van der Waals surface area contributed by atoms with E-state index < -0.39 is 105 Å². The summed E-state index contributed by atoms with van der Waals surface area (Å²) in [6.45, 7) is 6.44. The molecule has 9 N–H and O–H groups in total. The topological polar surface area (TPSA) is 255 Å². The predicted octanol–water partition coefficient (Wildman–Crippen LogP) is -0.984. The number of hydrogen-bond donors (Lipinski definition) is 9. The van der Waals surface area contributed by atoms with Crippen molar-refractivity contribution in [2.24, 2.45) is 34.5 Å². The van der Waals surface area contributed by atoms with Crippen molar-refractivity contribution in [3.8, 4) is 0 Å². The van der Waals surface area contributed by atoms with Gasteiger partial charge in [-0.3, -0.25) is 4.79 Å². The molecule has 22 atom stereocenters. The Morgan fingerprint density at radius 3 is 2.02 bits per heavy atom. The highest BCUT2D eigenvalue weighted by molar-refractivity contribution is 5.95. The molecule has 0 bridgehead atoms. The van der Waals surface area contributed by atoms with Crippen LogP contribution >= 0.6 is 0 Å². The van der Waals surface area contributed by atoms with Crippen LogP contribution in [0.4, 0.5) is 0 Å². The zero-order valence-electron chi connectivity index (χ0n) is 32.1. The van der Waals surface area contributed by atoms with Gasteiger partial charge in [0.05, 0.1) is 25.4 Å². The van der Waals surface area contributed by atoms with E-state index in [1.165, 1.54) is 6.92 Å². The number of hydrogen-bond acceptors (Lipinski definition) is 16. The number of fused-ring (bicyclic) bond motifs is 5. The molecule has 7 aliphatic rings. The molecule has 3 saturated heterocycles. The van der Waals surface area contributed by atoms with Crippen LogP contribution in [0.2, 0.25) is 0 Å². The van der Waals surface area contributed by atoms with Crippen LogP contribution in [0.5, 0.6) is 0 Å². The molecule has 16 nitrogen and oxygen atoms in total. The molecule has 0 aromatic rings. The van der Waals surface area contributed by atoms with E-state index in [0.717, 1.165) is 44.1 Å². The van der Waals surface area contributed by atoms with Gasteiger partial charge in [-0.25, -0.2) is 0 Å². The first-order valence-electron chi connectivity index (χ1n) is 20.2. The largest absolute Gasteiger partial charge is 0.394 e. The van der Waals surface area contributed by atoms with Crippen molar-refractivity contribution in [2.45, 2.75) is 177 Å². The van der Waals surface area contributed by atoms with Gasteiger partial charge in [-0.1, -0.05) is 19.9 Å². The summed E-state index contributed by atoms with van der Waals surface area (Å²) in [6, 6.07) is 0. The van der Waals surface area contributed by atoms with Gasteiger partial charge in [0.2, 0.25) is 0 Å². The monoisotopic (exact) mass is 786 g/mol. The lowest BCUT2D eigenvalue weighted by Crippen LogP contribution is -2.67. The molecular weight excluding hydrogens is 724 g/mol. The Balaban J connectivity index is 1.09. The van der Waals surface area contributed by atoms with Crippen LogP contribution in [0, 0.1) is 34.5 Å². The van der Waals surface area contributed by atoms with Crippen molar-refractivity contribution in [1.82, 2.24) is 0 Å². The van der Waals surface area contributed by atoms with Crippen LogP contribution in [-0.2, 0) is 33.2 Å². The van der Waals surface area contributed by atoms with E-state index in [9.17, 15) is 50.8 Å². The predicted molar refractivity (Wildman–Crippen MR) is 188 cm³/mol. The van der Waals surface area contributed by atoms with E-state index in [-0.39, 0.29) is 22.7 Å². The summed E-state index contributed by atoms with van der Waals surface area (Å²) in [5, 5.41) is 95.1. The number of rotatable bonds is 9. The number of ether oxygens (including phenoxy) is 6. The van der Waals surface area contributed by atoms with Crippen molar-refractivity contribution in [1.29, 1.82) is 0 Å². The van der Waals surface area contributed by atoms with Crippen molar-refractivity contribution in [2.75, 3.05) is 13.2 Å². The Hall–Kier alpha value is -1.19. The first kappa shape index (κ1) is 42.0. The Kier molecular flexibility index (Phi) is 12.3. The zero-order valence-corrected chi connectivity index (χ0v) is 32.1. The van der Waals surface area contributed by atoms with E-state index in [0.29, 0.717) is 36.5 Å². The van der Waals surface area contributed by atoms with Crippen molar-refractivity contribution < 1.29 is 79.2 Å². The third-order valence-corrected chi connectivity index (χ3v) is 14.9. The first-order valence-corrected chi connectivity index (χ1v) is 20.2. The molecule has 0 spiro atoms. The third-order valence-electron chi connectivity index (χ3n) is 14.9. The van der Waals surface area contributed by atoms with Gasteiger partial charge in [0, 0.05) is 0 Å². The van der Waals surface area contributed by atoms with Crippen LogP contribution in [0.25, 0.3) is 0 Å². The number of Topliss-reactive ketones (excluding diaryl/α,β-unsaturated/α-hetero) is 1. The maximum Gasteiger partial charge on any atom is 0.187 e. The molecule has 0 unspecified atom stereocenters. The molecule has 4 aliphatic carbocycles. The molecule has 55 heavy (non-hydrogen) atoms. The summed E-state index contributed by atoms with van der Waals surface area (Å²) in [5.41, 5.74) is 0.986. The van der Waals surface area contributed by atoms with Gasteiger partial charge >= 0.3 is 0 Å². The average Bonchev–Trinajstić information content (AvgIpc) is 3.52. The van der Waals surface area contributed by atoms with Gasteiger partial charge < -0.3 is 74.4 Å². The van der Waals surface area contributed by atoms with E-state index >= 15 is 0 Å². The molecule has 0 aromatic carbocycles. The summed E-state index contributed by atoms with van der Waals surface area (Å²) in [5.74, 6) is 2.00. The smallest absolute Gasteiger partial charge is 0.187 e. The summed E-state index contributed by atoms with van der Waals surface area (Å²) in [7, 11) is 0. The van der Waals surface area contributed by atoms with E-state index in [1.54, 1.807) is 6.92 Å². The lowest BCUT2D eigenvalue weighted by Gasteiger charge is -2.61. The maximum atomic E-state index is 12.6. The second-order valence-corrected chi connectivity index (χ2v) is 17.9. The quantitative estimate of drug-likeness (QED) is 0.127. The lowest BCUT2D eigenvalue weighted by atomic mass is 9.44. The fraction of sp³-hybridized carbons (Fsp3) is 0.923. The number of carbonyl (C=O) groups excluding carboxylic acids is 1. The summed E-state index contributed by atoms with van der Waals surface area (Å²) in [4.78, 5) is 12.6. The van der Waals surface area contributed by atoms with Gasteiger partial charge in [0.1, 0.15) is 67.1 Å². The second kappa shape index (κ2) is 16.1.